The van der Waals surface area contributed by atoms with Crippen molar-refractivity contribution in [3.05, 3.63) is 46.9 Å². The molecule has 5 nitrogen and oxygen atoms in total. The Kier molecular flexibility index (Phi) is 3.91. The van der Waals surface area contributed by atoms with Crippen LogP contribution in [0.2, 0.25) is 5.02 Å². The SMILES string of the molecule is NNc1ncc(Cl)c(OCc2ccccc2F)n1. The molecule has 1 heterocycles. The number of anilines is 1. The summed E-state index contributed by atoms with van der Waals surface area (Å²) in [5, 5.41) is 0.227. The van der Waals surface area contributed by atoms with Crippen LogP contribution in [0.25, 0.3) is 0 Å². The zero-order valence-electron chi connectivity index (χ0n) is 9.23. The Labute approximate surface area is 108 Å². The highest BCUT2D eigenvalue weighted by Crippen LogP contribution is 2.22. The van der Waals surface area contributed by atoms with Crippen molar-refractivity contribution in [1.82, 2.24) is 9.97 Å². The topological polar surface area (TPSA) is 73.1 Å². The van der Waals surface area contributed by atoms with E-state index in [9.17, 15) is 4.39 Å². The Bertz CT molecular complexity index is 552. The van der Waals surface area contributed by atoms with E-state index >= 15 is 0 Å². The molecule has 1 aromatic carbocycles. The van der Waals surface area contributed by atoms with Gasteiger partial charge in [-0.25, -0.2) is 15.2 Å². The van der Waals surface area contributed by atoms with E-state index in [1.165, 1.54) is 12.3 Å². The van der Waals surface area contributed by atoms with Crippen LogP contribution in [-0.4, -0.2) is 9.97 Å². The molecule has 3 N–H and O–H groups in total. The van der Waals surface area contributed by atoms with Crippen LogP contribution in [0.3, 0.4) is 0 Å². The summed E-state index contributed by atoms with van der Waals surface area (Å²) in [4.78, 5) is 7.71. The number of halogens is 2. The lowest BCUT2D eigenvalue weighted by Crippen LogP contribution is -2.11. The second-order valence-corrected chi connectivity index (χ2v) is 3.78. The minimum Gasteiger partial charge on any atom is -0.472 e. The number of rotatable bonds is 4. The van der Waals surface area contributed by atoms with Crippen LogP contribution < -0.4 is 16.0 Å². The molecule has 7 heteroatoms. The molecule has 0 radical (unpaired) electrons. The van der Waals surface area contributed by atoms with E-state index in [2.05, 4.69) is 15.4 Å². The number of nitrogen functional groups attached to an aromatic ring is 1. The third-order valence-corrected chi connectivity index (χ3v) is 2.42. The van der Waals surface area contributed by atoms with E-state index in [-0.39, 0.29) is 29.3 Å². The summed E-state index contributed by atoms with van der Waals surface area (Å²) in [6, 6.07) is 6.29. The first-order valence-electron chi connectivity index (χ1n) is 5.06. The Morgan fingerprint density at radius 3 is 2.89 bits per heavy atom. The van der Waals surface area contributed by atoms with E-state index in [0.717, 1.165) is 0 Å². The molecule has 0 bridgehead atoms. The molecule has 0 saturated heterocycles. The van der Waals surface area contributed by atoms with E-state index in [1.54, 1.807) is 18.2 Å². The highest BCUT2D eigenvalue weighted by Gasteiger charge is 2.08. The van der Waals surface area contributed by atoms with Crippen molar-refractivity contribution in [3.63, 3.8) is 0 Å². The van der Waals surface area contributed by atoms with Crippen LogP contribution in [0.1, 0.15) is 5.56 Å². The monoisotopic (exact) mass is 268 g/mol. The predicted molar refractivity (Wildman–Crippen MR) is 65.6 cm³/mol. The molecule has 0 spiro atoms. The van der Waals surface area contributed by atoms with E-state index < -0.39 is 0 Å². The molecule has 2 aromatic rings. The number of benzene rings is 1. The van der Waals surface area contributed by atoms with Gasteiger partial charge in [0.2, 0.25) is 11.8 Å². The predicted octanol–water partition coefficient (Wildman–Crippen LogP) is 2.13. The second kappa shape index (κ2) is 5.61. The molecular formula is C11H10ClFN4O. The summed E-state index contributed by atoms with van der Waals surface area (Å²) < 4.78 is 18.7. The van der Waals surface area contributed by atoms with Crippen molar-refractivity contribution in [2.45, 2.75) is 6.61 Å². The van der Waals surface area contributed by atoms with Gasteiger partial charge >= 0.3 is 0 Å². The molecular weight excluding hydrogens is 259 g/mol. The maximum absolute atomic E-state index is 13.4. The van der Waals surface area contributed by atoms with Gasteiger partial charge in [-0.3, -0.25) is 5.43 Å². The van der Waals surface area contributed by atoms with Crippen LogP contribution in [0.4, 0.5) is 10.3 Å². The van der Waals surface area contributed by atoms with Gasteiger partial charge in [0.05, 0.1) is 6.20 Å². The van der Waals surface area contributed by atoms with Crippen LogP contribution in [0.5, 0.6) is 5.88 Å². The first-order valence-corrected chi connectivity index (χ1v) is 5.44. The quantitative estimate of drug-likeness (QED) is 0.656. The lowest BCUT2D eigenvalue weighted by Gasteiger charge is -2.08. The maximum atomic E-state index is 13.4. The molecule has 0 aliphatic rings. The molecule has 0 saturated carbocycles. The van der Waals surface area contributed by atoms with Crippen LogP contribution >= 0.6 is 11.6 Å². The fraction of sp³-hybridized carbons (Fsp3) is 0.0909. The first-order chi connectivity index (χ1) is 8.70. The molecule has 0 atom stereocenters. The molecule has 0 aliphatic carbocycles. The average molecular weight is 269 g/mol. The molecule has 0 aliphatic heterocycles. The van der Waals surface area contributed by atoms with Crippen molar-refractivity contribution in [2.24, 2.45) is 5.84 Å². The summed E-state index contributed by atoms with van der Waals surface area (Å²) in [5.41, 5.74) is 2.68. The number of nitrogens with one attached hydrogen (secondary N) is 1. The van der Waals surface area contributed by atoms with Gasteiger partial charge in [0.1, 0.15) is 17.4 Å². The zero-order valence-corrected chi connectivity index (χ0v) is 9.99. The normalized spacial score (nSPS) is 10.2. The van der Waals surface area contributed by atoms with Crippen molar-refractivity contribution in [3.8, 4) is 5.88 Å². The van der Waals surface area contributed by atoms with Crippen molar-refractivity contribution >= 4 is 17.5 Å². The lowest BCUT2D eigenvalue weighted by atomic mass is 10.2. The minimum absolute atomic E-state index is 0.0212. The number of nitrogens with two attached hydrogens (primary N) is 1. The highest BCUT2D eigenvalue weighted by molar-refractivity contribution is 6.31. The van der Waals surface area contributed by atoms with Gasteiger partial charge in [-0.1, -0.05) is 29.8 Å². The molecule has 18 heavy (non-hydrogen) atoms. The van der Waals surface area contributed by atoms with Gasteiger partial charge in [0, 0.05) is 5.56 Å². The molecule has 2 rings (SSSR count). The highest BCUT2D eigenvalue weighted by atomic mass is 35.5. The molecule has 0 fully saturated rings. The van der Waals surface area contributed by atoms with Gasteiger partial charge in [-0.05, 0) is 6.07 Å². The number of aromatic nitrogens is 2. The third-order valence-electron chi connectivity index (χ3n) is 2.16. The summed E-state index contributed by atoms with van der Waals surface area (Å²) in [6.45, 7) is 0.0212. The number of hydrazine groups is 1. The molecule has 0 amide bonds. The summed E-state index contributed by atoms with van der Waals surface area (Å²) in [5.74, 6) is 5.13. The van der Waals surface area contributed by atoms with Gasteiger partial charge in [-0.15, -0.1) is 0 Å². The van der Waals surface area contributed by atoms with Gasteiger partial charge in [0.25, 0.3) is 0 Å². The zero-order chi connectivity index (χ0) is 13.0. The Balaban J connectivity index is 2.13. The minimum atomic E-state index is -0.347. The smallest absolute Gasteiger partial charge is 0.240 e. The summed E-state index contributed by atoms with van der Waals surface area (Å²) in [7, 11) is 0. The molecule has 94 valence electrons. The fourth-order valence-electron chi connectivity index (χ4n) is 1.28. The van der Waals surface area contributed by atoms with E-state index in [4.69, 9.17) is 22.2 Å². The van der Waals surface area contributed by atoms with Gasteiger partial charge in [-0.2, -0.15) is 4.98 Å². The Morgan fingerprint density at radius 1 is 1.39 bits per heavy atom. The number of nitrogens with zero attached hydrogens (tertiary/aromatic N) is 2. The number of hydrogen-bond donors (Lipinski definition) is 2. The van der Waals surface area contributed by atoms with Crippen molar-refractivity contribution in [2.75, 3.05) is 5.43 Å². The van der Waals surface area contributed by atoms with Crippen LogP contribution in [-0.2, 0) is 6.61 Å². The maximum Gasteiger partial charge on any atom is 0.240 e. The van der Waals surface area contributed by atoms with Crippen LogP contribution in [0.15, 0.2) is 30.5 Å². The fourth-order valence-corrected chi connectivity index (χ4v) is 1.43. The molecule has 0 unspecified atom stereocenters. The Morgan fingerprint density at radius 2 is 2.17 bits per heavy atom. The Hall–Kier alpha value is -1.92. The first kappa shape index (κ1) is 12.5. The largest absolute Gasteiger partial charge is 0.472 e. The lowest BCUT2D eigenvalue weighted by molar-refractivity contribution is 0.288. The van der Waals surface area contributed by atoms with Crippen LogP contribution in [0, 0.1) is 5.82 Å². The van der Waals surface area contributed by atoms with Gasteiger partial charge < -0.3 is 4.74 Å². The van der Waals surface area contributed by atoms with Gasteiger partial charge in [0.15, 0.2) is 0 Å². The van der Waals surface area contributed by atoms with E-state index in [0.29, 0.717) is 5.56 Å². The summed E-state index contributed by atoms with van der Waals surface area (Å²) in [6.07, 6.45) is 1.35. The van der Waals surface area contributed by atoms with E-state index in [1.807, 2.05) is 0 Å². The van der Waals surface area contributed by atoms with Crippen molar-refractivity contribution < 1.29 is 9.13 Å². The molecule has 1 aromatic heterocycles. The number of hydrogen-bond acceptors (Lipinski definition) is 5. The van der Waals surface area contributed by atoms with Crippen molar-refractivity contribution in [1.29, 1.82) is 0 Å². The average Bonchev–Trinajstić information content (AvgIpc) is 2.39. The standard InChI is InChI=1S/C11H10ClFN4O/c12-8-5-15-11(17-14)16-10(8)18-6-7-3-1-2-4-9(7)13/h1-5H,6,14H2,(H,15,16,17). The summed E-state index contributed by atoms with van der Waals surface area (Å²) >= 11 is 5.85. The second-order valence-electron chi connectivity index (χ2n) is 3.37. The third kappa shape index (κ3) is 2.85. The number of ether oxygens (including phenoxy) is 1.